The van der Waals surface area contributed by atoms with Gasteiger partial charge in [-0.2, -0.15) is 0 Å². The molecule has 120 valence electrons. The average Bonchev–Trinajstić information content (AvgIpc) is 2.87. The highest BCUT2D eigenvalue weighted by molar-refractivity contribution is 5.83. The number of likely N-dealkylation sites (tertiary alicyclic amines) is 1. The van der Waals surface area contributed by atoms with E-state index in [4.69, 9.17) is 4.74 Å². The molecule has 0 radical (unpaired) electrons. The number of carbonyl (C=O) groups is 2. The molecule has 2 rings (SSSR count). The maximum Gasteiger partial charge on any atom is 0.226 e. The summed E-state index contributed by atoms with van der Waals surface area (Å²) in [6, 6.07) is 7.28. The third-order valence-electron chi connectivity index (χ3n) is 3.93. The molecule has 0 unspecified atom stereocenters. The summed E-state index contributed by atoms with van der Waals surface area (Å²) in [6.45, 7) is 1.34. The molecule has 1 saturated heterocycles. The SMILES string of the molecule is CNC(=O)[C@H]1CN(C)C[C@@H]1NC(=O)Cc1cccc(OC)c1. The van der Waals surface area contributed by atoms with Gasteiger partial charge in [0.15, 0.2) is 0 Å². The first-order valence-electron chi connectivity index (χ1n) is 7.36. The van der Waals surface area contributed by atoms with E-state index < -0.39 is 0 Å². The molecule has 1 aliphatic rings. The van der Waals surface area contributed by atoms with Crippen LogP contribution in [0.5, 0.6) is 5.75 Å². The number of carbonyl (C=O) groups excluding carboxylic acids is 2. The van der Waals surface area contributed by atoms with E-state index in [0.29, 0.717) is 13.1 Å². The summed E-state index contributed by atoms with van der Waals surface area (Å²) in [7, 11) is 5.17. The number of nitrogens with one attached hydrogen (secondary N) is 2. The summed E-state index contributed by atoms with van der Waals surface area (Å²) >= 11 is 0. The van der Waals surface area contributed by atoms with Gasteiger partial charge in [0.05, 0.1) is 25.5 Å². The van der Waals surface area contributed by atoms with Gasteiger partial charge in [0.25, 0.3) is 0 Å². The van der Waals surface area contributed by atoms with Crippen molar-refractivity contribution < 1.29 is 14.3 Å². The summed E-state index contributed by atoms with van der Waals surface area (Å²) in [5.74, 6) is 0.414. The zero-order valence-corrected chi connectivity index (χ0v) is 13.3. The van der Waals surface area contributed by atoms with E-state index in [9.17, 15) is 9.59 Å². The second kappa shape index (κ2) is 7.26. The Kier molecular flexibility index (Phi) is 5.38. The Bertz CT molecular complexity index is 547. The molecule has 1 aromatic rings. The summed E-state index contributed by atoms with van der Waals surface area (Å²) in [5.41, 5.74) is 0.889. The number of likely N-dealkylation sites (N-methyl/N-ethyl adjacent to an activating group) is 1. The minimum atomic E-state index is -0.204. The molecule has 0 saturated carbocycles. The topological polar surface area (TPSA) is 70.7 Å². The highest BCUT2D eigenvalue weighted by atomic mass is 16.5. The van der Waals surface area contributed by atoms with Gasteiger partial charge in [-0.3, -0.25) is 9.59 Å². The van der Waals surface area contributed by atoms with Gasteiger partial charge in [0.2, 0.25) is 11.8 Å². The second-order valence-corrected chi connectivity index (χ2v) is 5.64. The van der Waals surface area contributed by atoms with Gasteiger partial charge in [-0.25, -0.2) is 0 Å². The van der Waals surface area contributed by atoms with Crippen molar-refractivity contribution in [2.75, 3.05) is 34.3 Å². The van der Waals surface area contributed by atoms with E-state index in [1.54, 1.807) is 14.2 Å². The quantitative estimate of drug-likeness (QED) is 0.805. The number of hydrogen-bond donors (Lipinski definition) is 2. The summed E-state index contributed by atoms with van der Waals surface area (Å²) < 4.78 is 5.16. The zero-order chi connectivity index (χ0) is 16.1. The molecule has 0 aliphatic carbocycles. The van der Waals surface area contributed by atoms with Crippen LogP contribution in [0.3, 0.4) is 0 Å². The van der Waals surface area contributed by atoms with Crippen molar-refractivity contribution in [2.45, 2.75) is 12.5 Å². The number of ether oxygens (including phenoxy) is 1. The highest BCUT2D eigenvalue weighted by Crippen LogP contribution is 2.17. The van der Waals surface area contributed by atoms with Crippen LogP contribution in [0, 0.1) is 5.92 Å². The molecule has 1 aromatic carbocycles. The number of hydrogen-bond acceptors (Lipinski definition) is 4. The molecule has 0 bridgehead atoms. The smallest absolute Gasteiger partial charge is 0.226 e. The molecule has 6 heteroatoms. The molecular weight excluding hydrogens is 282 g/mol. The maximum absolute atomic E-state index is 12.2. The molecule has 0 aromatic heterocycles. The minimum absolute atomic E-state index is 0.0315. The number of nitrogens with zero attached hydrogens (tertiary/aromatic N) is 1. The normalized spacial score (nSPS) is 21.4. The van der Waals surface area contributed by atoms with Crippen molar-refractivity contribution in [1.29, 1.82) is 0 Å². The first kappa shape index (κ1) is 16.3. The minimum Gasteiger partial charge on any atom is -0.497 e. The number of rotatable bonds is 5. The van der Waals surface area contributed by atoms with Gasteiger partial charge in [0, 0.05) is 20.1 Å². The van der Waals surface area contributed by atoms with Gasteiger partial charge in [-0.1, -0.05) is 12.1 Å². The van der Waals surface area contributed by atoms with Crippen LogP contribution in [0.2, 0.25) is 0 Å². The van der Waals surface area contributed by atoms with Crippen LogP contribution in [0.15, 0.2) is 24.3 Å². The monoisotopic (exact) mass is 305 g/mol. The summed E-state index contributed by atoms with van der Waals surface area (Å²) in [5, 5.41) is 5.64. The van der Waals surface area contributed by atoms with E-state index in [-0.39, 0.29) is 30.2 Å². The predicted molar refractivity (Wildman–Crippen MR) is 83.7 cm³/mol. The Morgan fingerprint density at radius 1 is 1.36 bits per heavy atom. The Hall–Kier alpha value is -2.08. The third kappa shape index (κ3) is 3.98. The van der Waals surface area contributed by atoms with Gasteiger partial charge in [-0.15, -0.1) is 0 Å². The van der Waals surface area contributed by atoms with Crippen LogP contribution in [-0.4, -0.2) is 57.1 Å². The summed E-state index contributed by atoms with van der Waals surface area (Å²) in [6.07, 6.45) is 0.276. The van der Waals surface area contributed by atoms with E-state index in [1.165, 1.54) is 0 Å². The molecule has 2 atom stereocenters. The Labute approximate surface area is 130 Å². The Morgan fingerprint density at radius 3 is 2.82 bits per heavy atom. The van der Waals surface area contributed by atoms with Crippen molar-refractivity contribution in [1.82, 2.24) is 15.5 Å². The number of amides is 2. The molecule has 2 N–H and O–H groups in total. The molecule has 2 amide bonds. The Morgan fingerprint density at radius 2 is 2.14 bits per heavy atom. The molecule has 6 nitrogen and oxygen atoms in total. The number of methoxy groups -OCH3 is 1. The van der Waals surface area contributed by atoms with Gasteiger partial charge in [-0.05, 0) is 24.7 Å². The lowest BCUT2D eigenvalue weighted by atomic mass is 10.0. The van der Waals surface area contributed by atoms with Crippen LogP contribution >= 0.6 is 0 Å². The fourth-order valence-electron chi connectivity index (χ4n) is 2.82. The zero-order valence-electron chi connectivity index (χ0n) is 13.3. The first-order chi connectivity index (χ1) is 10.5. The molecule has 0 spiro atoms. The van der Waals surface area contributed by atoms with Crippen molar-refractivity contribution in [3.8, 4) is 5.75 Å². The van der Waals surface area contributed by atoms with Crippen LogP contribution < -0.4 is 15.4 Å². The van der Waals surface area contributed by atoms with Crippen LogP contribution in [0.1, 0.15) is 5.56 Å². The fraction of sp³-hybridized carbons (Fsp3) is 0.500. The maximum atomic E-state index is 12.2. The molecule has 1 aliphatic heterocycles. The van der Waals surface area contributed by atoms with Crippen LogP contribution in [-0.2, 0) is 16.0 Å². The molecular formula is C16H23N3O3. The van der Waals surface area contributed by atoms with Gasteiger partial charge >= 0.3 is 0 Å². The van der Waals surface area contributed by atoms with Crippen molar-refractivity contribution in [2.24, 2.45) is 5.92 Å². The van der Waals surface area contributed by atoms with Gasteiger partial charge in [0.1, 0.15) is 5.75 Å². The first-order valence-corrected chi connectivity index (χ1v) is 7.36. The van der Waals surface area contributed by atoms with Crippen LogP contribution in [0.4, 0.5) is 0 Å². The van der Waals surface area contributed by atoms with Crippen molar-refractivity contribution in [3.05, 3.63) is 29.8 Å². The summed E-state index contributed by atoms with van der Waals surface area (Å²) in [4.78, 5) is 26.2. The van der Waals surface area contributed by atoms with E-state index >= 15 is 0 Å². The van der Waals surface area contributed by atoms with Gasteiger partial charge < -0.3 is 20.3 Å². The third-order valence-corrected chi connectivity index (χ3v) is 3.93. The Balaban J connectivity index is 1.97. The lowest BCUT2D eigenvalue weighted by molar-refractivity contribution is -0.125. The second-order valence-electron chi connectivity index (χ2n) is 5.64. The lowest BCUT2D eigenvalue weighted by Crippen LogP contribution is -2.46. The van der Waals surface area contributed by atoms with Crippen molar-refractivity contribution >= 4 is 11.8 Å². The van der Waals surface area contributed by atoms with E-state index in [1.807, 2.05) is 31.3 Å². The number of benzene rings is 1. The van der Waals surface area contributed by atoms with E-state index in [0.717, 1.165) is 11.3 Å². The fourth-order valence-corrected chi connectivity index (χ4v) is 2.82. The van der Waals surface area contributed by atoms with Crippen molar-refractivity contribution in [3.63, 3.8) is 0 Å². The van der Waals surface area contributed by atoms with Crippen LogP contribution in [0.25, 0.3) is 0 Å². The van der Waals surface area contributed by atoms with E-state index in [2.05, 4.69) is 15.5 Å². The predicted octanol–water partition coefficient (Wildman–Crippen LogP) is 0.0301. The molecule has 1 fully saturated rings. The standard InChI is InChI=1S/C16H23N3O3/c1-17-16(21)13-9-19(2)10-14(13)18-15(20)8-11-5-4-6-12(7-11)22-3/h4-7,13-14H,8-10H2,1-3H3,(H,17,21)(H,18,20)/t13-,14-/m0/s1. The molecule has 1 heterocycles. The largest absolute Gasteiger partial charge is 0.497 e. The lowest BCUT2D eigenvalue weighted by Gasteiger charge is -2.18. The highest BCUT2D eigenvalue weighted by Gasteiger charge is 2.36. The molecule has 22 heavy (non-hydrogen) atoms. The average molecular weight is 305 g/mol.